The summed E-state index contributed by atoms with van der Waals surface area (Å²) in [4.78, 5) is 13.8. The molecule has 2 rings (SSSR count). The van der Waals surface area contributed by atoms with Crippen LogP contribution < -0.4 is 5.73 Å². The fourth-order valence-electron chi connectivity index (χ4n) is 2.61. The molecular weight excluding hydrogens is 368 g/mol. The predicted octanol–water partition coefficient (Wildman–Crippen LogP) is 1.56. The van der Waals surface area contributed by atoms with Gasteiger partial charge in [-0.05, 0) is 36.1 Å². The Morgan fingerprint density at radius 1 is 1.45 bits per heavy atom. The third-order valence-electron chi connectivity index (χ3n) is 4.02. The van der Waals surface area contributed by atoms with Gasteiger partial charge in [0.05, 0.1) is 5.75 Å². The minimum absolute atomic E-state index is 0.0935. The van der Waals surface area contributed by atoms with E-state index in [0.717, 1.165) is 10.9 Å². The monoisotopic (exact) mass is 388 g/mol. The Balaban J connectivity index is 1.99. The highest BCUT2D eigenvalue weighted by Crippen LogP contribution is 2.28. The number of hydrogen-bond donors (Lipinski definition) is 1. The third kappa shape index (κ3) is 4.54. The lowest BCUT2D eigenvalue weighted by Crippen LogP contribution is -2.37. The number of amides is 1. The Morgan fingerprint density at radius 3 is 2.77 bits per heavy atom. The zero-order chi connectivity index (χ0) is 16.4. The number of carbonyl (C=O) groups excluding carboxylic acids is 1. The summed E-state index contributed by atoms with van der Waals surface area (Å²) in [6.07, 6.45) is 0.820. The van der Waals surface area contributed by atoms with Crippen LogP contribution in [-0.2, 0) is 20.4 Å². The van der Waals surface area contributed by atoms with Gasteiger partial charge in [-0.1, -0.05) is 35.0 Å². The van der Waals surface area contributed by atoms with Crippen molar-refractivity contribution in [2.45, 2.75) is 19.1 Å². The molecule has 0 saturated carbocycles. The van der Waals surface area contributed by atoms with E-state index in [2.05, 4.69) is 15.9 Å². The average molecular weight is 389 g/mol. The first kappa shape index (κ1) is 17.4. The number of hydrogen-bond acceptors (Lipinski definition) is 4. The molecule has 1 aromatic carbocycles. The van der Waals surface area contributed by atoms with Gasteiger partial charge in [-0.25, -0.2) is 8.42 Å². The lowest BCUT2D eigenvalue weighted by atomic mass is 9.90. The molecule has 1 atom stereocenters. The molecule has 22 heavy (non-hydrogen) atoms. The quantitative estimate of drug-likeness (QED) is 0.829. The molecule has 0 aromatic heterocycles. The summed E-state index contributed by atoms with van der Waals surface area (Å²) < 4.78 is 25.3. The Hall–Kier alpha value is -0.920. The molecule has 0 radical (unpaired) electrons. The maximum absolute atomic E-state index is 12.2. The number of nitrogens with zero attached hydrogens (tertiary/aromatic N) is 1. The van der Waals surface area contributed by atoms with Gasteiger partial charge in [-0.15, -0.1) is 0 Å². The minimum atomic E-state index is -3.48. The molecule has 0 bridgehead atoms. The van der Waals surface area contributed by atoms with E-state index in [1.165, 1.54) is 0 Å². The second kappa shape index (κ2) is 6.68. The second-order valence-corrected chi connectivity index (χ2v) is 9.22. The molecule has 2 N–H and O–H groups in total. The van der Waals surface area contributed by atoms with Crippen molar-refractivity contribution in [1.29, 1.82) is 0 Å². The van der Waals surface area contributed by atoms with Crippen LogP contribution in [0.4, 0.5) is 0 Å². The molecule has 0 aliphatic carbocycles. The number of halogens is 1. The topological polar surface area (TPSA) is 80.5 Å². The fourth-order valence-corrected chi connectivity index (χ4v) is 4.41. The maximum atomic E-state index is 12.2. The van der Waals surface area contributed by atoms with Crippen LogP contribution in [0, 0.1) is 5.41 Å². The summed E-state index contributed by atoms with van der Waals surface area (Å²) in [6.45, 7) is 3.64. The molecule has 7 heteroatoms. The second-order valence-electron chi connectivity index (χ2n) is 6.24. The molecule has 5 nitrogen and oxygen atoms in total. The van der Waals surface area contributed by atoms with Gasteiger partial charge in [0.2, 0.25) is 5.91 Å². The van der Waals surface area contributed by atoms with Gasteiger partial charge in [-0.3, -0.25) is 4.79 Å². The van der Waals surface area contributed by atoms with E-state index < -0.39 is 15.6 Å². The number of carbonyl (C=O) groups is 1. The molecule has 0 spiro atoms. The molecule has 1 aliphatic rings. The highest BCUT2D eigenvalue weighted by Gasteiger charge is 2.35. The van der Waals surface area contributed by atoms with E-state index in [9.17, 15) is 13.2 Å². The Kier molecular flexibility index (Phi) is 5.29. The number of sulfone groups is 1. The Morgan fingerprint density at radius 2 is 2.18 bits per heavy atom. The number of benzene rings is 1. The van der Waals surface area contributed by atoms with Crippen molar-refractivity contribution in [2.24, 2.45) is 11.1 Å². The van der Waals surface area contributed by atoms with Gasteiger partial charge in [0, 0.05) is 17.6 Å². The summed E-state index contributed by atoms with van der Waals surface area (Å²) in [7, 11) is -3.48. The van der Waals surface area contributed by atoms with E-state index in [1.54, 1.807) is 23.1 Å². The van der Waals surface area contributed by atoms with Crippen molar-refractivity contribution < 1.29 is 13.2 Å². The van der Waals surface area contributed by atoms with Gasteiger partial charge < -0.3 is 10.6 Å². The summed E-state index contributed by atoms with van der Waals surface area (Å²) in [5.41, 5.74) is 6.30. The van der Waals surface area contributed by atoms with E-state index in [-0.39, 0.29) is 17.1 Å². The van der Waals surface area contributed by atoms with Gasteiger partial charge in [-0.2, -0.15) is 0 Å². The standard InChI is InChI=1S/C15H21BrN2O3S/c1-15(10-17)5-6-18(11-15)14(19)9-22(20,21)8-12-3-2-4-13(16)7-12/h2-4,7H,5-6,8-11,17H2,1H3. The normalized spacial score (nSPS) is 22.0. The largest absolute Gasteiger partial charge is 0.341 e. The molecule has 122 valence electrons. The van der Waals surface area contributed by atoms with Gasteiger partial charge in [0.15, 0.2) is 9.84 Å². The number of likely N-dealkylation sites (tertiary alicyclic amines) is 1. The molecular formula is C15H21BrN2O3S. The Bertz CT molecular complexity index is 663. The molecule has 1 aromatic rings. The zero-order valence-corrected chi connectivity index (χ0v) is 15.0. The number of nitrogens with two attached hydrogens (primary N) is 1. The molecule has 1 aliphatic heterocycles. The summed E-state index contributed by atoms with van der Waals surface area (Å²) in [6, 6.07) is 7.11. The molecule has 1 fully saturated rings. The van der Waals surface area contributed by atoms with Gasteiger partial charge >= 0.3 is 0 Å². The van der Waals surface area contributed by atoms with Crippen LogP contribution in [0.2, 0.25) is 0 Å². The van der Waals surface area contributed by atoms with Crippen LogP contribution >= 0.6 is 15.9 Å². The molecule has 1 heterocycles. The maximum Gasteiger partial charge on any atom is 0.237 e. The first-order valence-corrected chi connectivity index (χ1v) is 9.77. The van der Waals surface area contributed by atoms with Crippen molar-refractivity contribution in [3.8, 4) is 0 Å². The summed E-state index contributed by atoms with van der Waals surface area (Å²) in [5.74, 6) is -0.896. The van der Waals surface area contributed by atoms with Crippen molar-refractivity contribution >= 4 is 31.7 Å². The van der Waals surface area contributed by atoms with Crippen molar-refractivity contribution in [1.82, 2.24) is 4.90 Å². The lowest BCUT2D eigenvalue weighted by Gasteiger charge is -2.22. The zero-order valence-electron chi connectivity index (χ0n) is 12.6. The van der Waals surface area contributed by atoms with Crippen LogP contribution in [0.3, 0.4) is 0 Å². The Labute approximate surface area is 139 Å². The lowest BCUT2D eigenvalue weighted by molar-refractivity contribution is -0.127. The van der Waals surface area contributed by atoms with E-state index in [0.29, 0.717) is 25.2 Å². The van der Waals surface area contributed by atoms with Crippen LogP contribution in [-0.4, -0.2) is 44.6 Å². The van der Waals surface area contributed by atoms with E-state index in [1.807, 2.05) is 13.0 Å². The molecule has 1 amide bonds. The fraction of sp³-hybridized carbons (Fsp3) is 0.533. The minimum Gasteiger partial charge on any atom is -0.341 e. The van der Waals surface area contributed by atoms with Gasteiger partial charge in [0.1, 0.15) is 5.75 Å². The van der Waals surface area contributed by atoms with Gasteiger partial charge in [0.25, 0.3) is 0 Å². The molecule has 1 saturated heterocycles. The van der Waals surface area contributed by atoms with Crippen LogP contribution in [0.1, 0.15) is 18.9 Å². The van der Waals surface area contributed by atoms with E-state index in [4.69, 9.17) is 5.73 Å². The summed E-state index contributed by atoms with van der Waals surface area (Å²) in [5, 5.41) is 0. The van der Waals surface area contributed by atoms with Crippen molar-refractivity contribution in [3.05, 3.63) is 34.3 Å². The van der Waals surface area contributed by atoms with Crippen molar-refractivity contribution in [2.75, 3.05) is 25.4 Å². The first-order chi connectivity index (χ1) is 10.2. The predicted molar refractivity (Wildman–Crippen MR) is 90.0 cm³/mol. The highest BCUT2D eigenvalue weighted by atomic mass is 79.9. The van der Waals surface area contributed by atoms with Crippen LogP contribution in [0.15, 0.2) is 28.7 Å². The third-order valence-corrected chi connectivity index (χ3v) is 5.98. The molecule has 1 unspecified atom stereocenters. The van der Waals surface area contributed by atoms with Crippen molar-refractivity contribution in [3.63, 3.8) is 0 Å². The highest BCUT2D eigenvalue weighted by molar-refractivity contribution is 9.10. The SMILES string of the molecule is CC1(CN)CCN(C(=O)CS(=O)(=O)Cc2cccc(Br)c2)C1. The van der Waals surface area contributed by atoms with Crippen LogP contribution in [0.5, 0.6) is 0 Å². The van der Waals surface area contributed by atoms with E-state index >= 15 is 0 Å². The van der Waals surface area contributed by atoms with Crippen LogP contribution in [0.25, 0.3) is 0 Å². The smallest absolute Gasteiger partial charge is 0.237 e. The first-order valence-electron chi connectivity index (χ1n) is 7.16. The average Bonchev–Trinajstić information content (AvgIpc) is 2.81. The summed E-state index contributed by atoms with van der Waals surface area (Å²) >= 11 is 3.31. The number of rotatable bonds is 5.